The highest BCUT2D eigenvalue weighted by molar-refractivity contribution is 5.66. The third-order valence-electron chi connectivity index (χ3n) is 4.32. The smallest absolute Gasteiger partial charge is 0.0343 e. The van der Waals surface area contributed by atoms with Crippen LogP contribution in [0.15, 0.2) is 25.0 Å². The van der Waals surface area contributed by atoms with Crippen LogP contribution in [0.4, 0.5) is 0 Å². The van der Waals surface area contributed by atoms with Crippen molar-refractivity contribution < 1.29 is 0 Å². The highest BCUT2D eigenvalue weighted by atomic mass is 14.7. The zero-order valence-corrected chi connectivity index (χ0v) is 9.90. The van der Waals surface area contributed by atoms with Gasteiger partial charge >= 0.3 is 0 Å². The molecule has 1 aromatic rings. The predicted molar refractivity (Wildman–Crippen MR) is 68.0 cm³/mol. The Morgan fingerprint density at radius 3 is 3.00 bits per heavy atom. The molecule has 0 N–H and O–H groups in total. The van der Waals surface area contributed by atoms with Gasteiger partial charge in [0.25, 0.3) is 0 Å². The van der Waals surface area contributed by atoms with Gasteiger partial charge in [-0.15, -0.1) is 0 Å². The van der Waals surface area contributed by atoms with E-state index in [4.69, 9.17) is 0 Å². The molecule has 0 amide bonds. The summed E-state index contributed by atoms with van der Waals surface area (Å²) in [5.41, 5.74) is 4.41. The quantitative estimate of drug-likeness (QED) is 0.687. The molecule has 0 unspecified atom stereocenters. The molecule has 3 rings (SSSR count). The predicted octanol–water partition coefficient (Wildman–Crippen LogP) is 3.88. The third kappa shape index (κ3) is 1.14. The lowest BCUT2D eigenvalue weighted by Gasteiger charge is -2.11. The summed E-state index contributed by atoms with van der Waals surface area (Å²) in [7, 11) is 0. The number of nitrogens with zero attached hydrogens (tertiary/aromatic N) is 1. The van der Waals surface area contributed by atoms with Crippen molar-refractivity contribution in [3.8, 4) is 0 Å². The van der Waals surface area contributed by atoms with Crippen molar-refractivity contribution in [1.82, 2.24) is 4.98 Å². The van der Waals surface area contributed by atoms with Crippen molar-refractivity contribution in [3.05, 3.63) is 41.7 Å². The largest absolute Gasteiger partial charge is 0.263 e. The monoisotopic (exact) mass is 211 g/mol. The van der Waals surface area contributed by atoms with Gasteiger partial charge in [0.15, 0.2) is 0 Å². The molecule has 0 aliphatic heterocycles. The number of aromatic nitrogens is 1. The van der Waals surface area contributed by atoms with Gasteiger partial charge in [-0.3, -0.25) is 4.98 Å². The summed E-state index contributed by atoms with van der Waals surface area (Å²) in [5.74, 6) is 1.49. The van der Waals surface area contributed by atoms with E-state index in [0.29, 0.717) is 11.3 Å². The Hall–Kier alpha value is -1.37. The number of allylic oxidation sites excluding steroid dienone is 1. The van der Waals surface area contributed by atoms with Gasteiger partial charge in [0.2, 0.25) is 0 Å². The molecular formula is C15H17N. The Morgan fingerprint density at radius 1 is 1.44 bits per heavy atom. The fraction of sp³-hybridized carbons (Fsp3) is 0.400. The molecule has 2 atom stereocenters. The second-order valence-electron chi connectivity index (χ2n) is 5.48. The standard InChI is InChI=1S/C15H17N/c1-4-10-8-16-9-11-6-5-7-12-14(13(10)11)15(12,2)3/h4-6,8-9,12,14H,1,7H2,2-3H3/t12-,14-/m1/s1. The minimum Gasteiger partial charge on any atom is -0.263 e. The molecule has 0 aromatic carbocycles. The van der Waals surface area contributed by atoms with Gasteiger partial charge in [0.05, 0.1) is 0 Å². The molecule has 0 saturated heterocycles. The van der Waals surface area contributed by atoms with E-state index in [1.165, 1.54) is 23.1 Å². The lowest BCUT2D eigenvalue weighted by atomic mass is 9.95. The topological polar surface area (TPSA) is 12.9 Å². The third-order valence-corrected chi connectivity index (χ3v) is 4.32. The summed E-state index contributed by atoms with van der Waals surface area (Å²) >= 11 is 0. The van der Waals surface area contributed by atoms with Gasteiger partial charge in [-0.1, -0.05) is 38.7 Å². The van der Waals surface area contributed by atoms with Gasteiger partial charge in [0, 0.05) is 12.4 Å². The first-order valence-corrected chi connectivity index (χ1v) is 5.93. The number of hydrogen-bond acceptors (Lipinski definition) is 1. The van der Waals surface area contributed by atoms with Crippen molar-refractivity contribution in [2.75, 3.05) is 0 Å². The second kappa shape index (κ2) is 3.07. The average Bonchev–Trinajstić information content (AvgIpc) is 2.87. The fourth-order valence-electron chi connectivity index (χ4n) is 3.26. The minimum atomic E-state index is 0.443. The molecule has 0 spiro atoms. The molecule has 1 heterocycles. The van der Waals surface area contributed by atoms with Crippen molar-refractivity contribution in [2.24, 2.45) is 11.3 Å². The average molecular weight is 211 g/mol. The summed E-state index contributed by atoms with van der Waals surface area (Å²) in [6.45, 7) is 8.65. The van der Waals surface area contributed by atoms with Crippen LogP contribution in [-0.4, -0.2) is 4.98 Å². The molecular weight excluding hydrogens is 194 g/mol. The normalized spacial score (nSPS) is 28.9. The molecule has 2 aliphatic carbocycles. The van der Waals surface area contributed by atoms with Crippen molar-refractivity contribution >= 4 is 12.2 Å². The van der Waals surface area contributed by atoms with E-state index in [-0.39, 0.29) is 0 Å². The Labute approximate surface area is 96.9 Å². The first kappa shape index (κ1) is 9.83. The van der Waals surface area contributed by atoms with Crippen LogP contribution >= 0.6 is 0 Å². The van der Waals surface area contributed by atoms with E-state index in [1.54, 1.807) is 0 Å². The van der Waals surface area contributed by atoms with Crippen LogP contribution in [0.1, 0.15) is 42.9 Å². The molecule has 1 aromatic heterocycles. The summed E-state index contributed by atoms with van der Waals surface area (Å²) in [4.78, 5) is 4.29. The summed E-state index contributed by atoms with van der Waals surface area (Å²) < 4.78 is 0. The molecule has 1 fully saturated rings. The molecule has 0 bridgehead atoms. The first-order chi connectivity index (χ1) is 7.66. The first-order valence-electron chi connectivity index (χ1n) is 5.93. The van der Waals surface area contributed by atoms with Crippen molar-refractivity contribution in [2.45, 2.75) is 26.2 Å². The lowest BCUT2D eigenvalue weighted by molar-refractivity contribution is 0.556. The van der Waals surface area contributed by atoms with Gasteiger partial charge in [0.1, 0.15) is 0 Å². The minimum absolute atomic E-state index is 0.443. The van der Waals surface area contributed by atoms with Crippen LogP contribution in [0.5, 0.6) is 0 Å². The van der Waals surface area contributed by atoms with Crippen LogP contribution in [0.2, 0.25) is 0 Å². The fourth-order valence-corrected chi connectivity index (χ4v) is 3.26. The lowest BCUT2D eigenvalue weighted by Crippen LogP contribution is -1.97. The molecule has 16 heavy (non-hydrogen) atoms. The summed E-state index contributed by atoms with van der Waals surface area (Å²) in [6, 6.07) is 0. The highest BCUT2D eigenvalue weighted by Gasteiger charge is 2.58. The molecule has 82 valence electrons. The SMILES string of the molecule is C=Cc1cncc2c1[C@H]1[C@@H](CC=C2)C1(C)C. The van der Waals surface area contributed by atoms with Crippen molar-refractivity contribution in [3.63, 3.8) is 0 Å². The molecule has 0 radical (unpaired) electrons. The van der Waals surface area contributed by atoms with Gasteiger partial charge in [-0.2, -0.15) is 0 Å². The second-order valence-corrected chi connectivity index (χ2v) is 5.48. The van der Waals surface area contributed by atoms with E-state index in [1.807, 2.05) is 18.5 Å². The number of pyridine rings is 1. The number of fused-ring (bicyclic) bond motifs is 3. The molecule has 1 heteroatoms. The van der Waals surface area contributed by atoms with E-state index >= 15 is 0 Å². The molecule has 1 nitrogen and oxygen atoms in total. The van der Waals surface area contributed by atoms with Crippen LogP contribution < -0.4 is 0 Å². The summed E-state index contributed by atoms with van der Waals surface area (Å²) in [6.07, 6.45) is 11.6. The van der Waals surface area contributed by atoms with E-state index in [0.717, 1.165) is 5.92 Å². The van der Waals surface area contributed by atoms with Gasteiger partial charge < -0.3 is 0 Å². The zero-order chi connectivity index (χ0) is 11.3. The number of rotatable bonds is 1. The van der Waals surface area contributed by atoms with Crippen molar-refractivity contribution in [1.29, 1.82) is 0 Å². The Morgan fingerprint density at radius 2 is 2.25 bits per heavy atom. The summed E-state index contributed by atoms with van der Waals surface area (Å²) in [5, 5.41) is 0. The maximum atomic E-state index is 4.29. The van der Waals surface area contributed by atoms with E-state index in [9.17, 15) is 0 Å². The Balaban J connectivity index is 2.21. The van der Waals surface area contributed by atoms with E-state index in [2.05, 4.69) is 37.6 Å². The molecule has 1 saturated carbocycles. The van der Waals surface area contributed by atoms with Crippen LogP contribution in [0.25, 0.3) is 12.2 Å². The van der Waals surface area contributed by atoms with Crippen LogP contribution in [0, 0.1) is 11.3 Å². The maximum Gasteiger partial charge on any atom is 0.0343 e. The van der Waals surface area contributed by atoms with Crippen LogP contribution in [0.3, 0.4) is 0 Å². The molecule has 2 aliphatic rings. The Bertz CT molecular complexity index is 482. The van der Waals surface area contributed by atoms with Crippen LogP contribution in [-0.2, 0) is 0 Å². The highest BCUT2D eigenvalue weighted by Crippen LogP contribution is 2.67. The maximum absolute atomic E-state index is 4.29. The van der Waals surface area contributed by atoms with E-state index < -0.39 is 0 Å². The number of hydrogen-bond donors (Lipinski definition) is 0. The van der Waals surface area contributed by atoms with Gasteiger partial charge in [-0.25, -0.2) is 0 Å². The van der Waals surface area contributed by atoms with Gasteiger partial charge in [-0.05, 0) is 40.4 Å². The Kier molecular flexibility index (Phi) is 1.88. The zero-order valence-electron chi connectivity index (χ0n) is 9.90.